The van der Waals surface area contributed by atoms with Gasteiger partial charge in [0, 0.05) is 22.1 Å². The number of anilines is 1. The molecule has 1 atom stereocenters. The van der Waals surface area contributed by atoms with Gasteiger partial charge in [0.25, 0.3) is 0 Å². The zero-order valence-corrected chi connectivity index (χ0v) is 16.7. The molecule has 0 saturated heterocycles. The first-order chi connectivity index (χ1) is 12.1. The number of nitrogens with zero attached hydrogens (tertiary/aromatic N) is 1. The molecule has 4 rings (SSSR count). The molecule has 0 radical (unpaired) electrons. The molecule has 0 amide bonds. The Bertz CT molecular complexity index is 875. The van der Waals surface area contributed by atoms with E-state index in [1.165, 1.54) is 22.4 Å². The van der Waals surface area contributed by atoms with Gasteiger partial charge in [0.1, 0.15) is 5.75 Å². The lowest BCUT2D eigenvalue weighted by Crippen LogP contribution is -2.49. The minimum Gasteiger partial charge on any atom is -0.497 e. The van der Waals surface area contributed by atoms with Gasteiger partial charge in [-0.1, -0.05) is 34.1 Å². The van der Waals surface area contributed by atoms with Crippen molar-refractivity contribution in [2.45, 2.75) is 18.9 Å². The molecule has 2 heterocycles. The molecule has 0 aliphatic carbocycles. The van der Waals surface area contributed by atoms with Crippen LogP contribution in [0.15, 0.2) is 63.8 Å². The smallest absolute Gasteiger partial charge is 0.119 e. The van der Waals surface area contributed by atoms with Gasteiger partial charge in [0.05, 0.1) is 12.6 Å². The maximum Gasteiger partial charge on any atom is 0.119 e. The summed E-state index contributed by atoms with van der Waals surface area (Å²) in [7, 11) is 1.73. The van der Waals surface area contributed by atoms with Gasteiger partial charge in [-0.05, 0) is 65.7 Å². The number of methoxy groups -OCH3 is 1. The van der Waals surface area contributed by atoms with Crippen molar-refractivity contribution >= 4 is 33.0 Å². The molecule has 4 heteroatoms. The lowest BCUT2D eigenvalue weighted by atomic mass is 9.76. The monoisotopic (exact) mass is 413 g/mol. The third kappa shape index (κ3) is 2.77. The molecule has 1 aromatic heterocycles. The Labute approximate surface area is 161 Å². The number of rotatable bonds is 3. The van der Waals surface area contributed by atoms with E-state index in [-0.39, 0.29) is 5.54 Å². The highest BCUT2D eigenvalue weighted by molar-refractivity contribution is 9.10. The second-order valence-electron chi connectivity index (χ2n) is 6.49. The molecule has 1 unspecified atom stereocenters. The fraction of sp³-hybridized carbons (Fsp3) is 0.238. The van der Waals surface area contributed by atoms with Crippen molar-refractivity contribution in [3.63, 3.8) is 0 Å². The van der Waals surface area contributed by atoms with Gasteiger partial charge in [-0.15, -0.1) is 0 Å². The fourth-order valence-electron chi connectivity index (χ4n) is 3.86. The average molecular weight is 414 g/mol. The van der Waals surface area contributed by atoms with E-state index in [0.29, 0.717) is 0 Å². The van der Waals surface area contributed by atoms with Crippen LogP contribution in [0.1, 0.15) is 23.6 Å². The van der Waals surface area contributed by atoms with E-state index >= 15 is 0 Å². The minimum absolute atomic E-state index is 0.207. The van der Waals surface area contributed by atoms with Crippen LogP contribution >= 0.6 is 27.3 Å². The first kappa shape index (κ1) is 16.7. The van der Waals surface area contributed by atoms with Crippen molar-refractivity contribution in [1.29, 1.82) is 0 Å². The maximum absolute atomic E-state index is 5.45. The summed E-state index contributed by atoms with van der Waals surface area (Å²) in [6, 6.07) is 17.4. The van der Waals surface area contributed by atoms with Crippen LogP contribution in [-0.2, 0) is 12.0 Å². The van der Waals surface area contributed by atoms with Crippen LogP contribution in [0.5, 0.6) is 5.75 Å². The van der Waals surface area contributed by atoms with Crippen molar-refractivity contribution in [1.82, 2.24) is 0 Å². The summed E-state index contributed by atoms with van der Waals surface area (Å²) >= 11 is 5.31. The average Bonchev–Trinajstić information content (AvgIpc) is 3.16. The van der Waals surface area contributed by atoms with Gasteiger partial charge in [0.2, 0.25) is 0 Å². The summed E-state index contributed by atoms with van der Waals surface area (Å²) in [5.74, 6) is 0.931. The Hall–Kier alpha value is -1.78. The molecule has 128 valence electrons. The predicted molar refractivity (Wildman–Crippen MR) is 109 cm³/mol. The standard InChI is InChI=1S/C21H20BrNOS/c1-21(16-3-5-17(22)6-4-16)20-8-7-19(24-2)13-15(20)9-11-23(21)18-10-12-25-14-18/h3-8,10,12-14H,9,11H2,1-2H3. The summed E-state index contributed by atoms with van der Waals surface area (Å²) in [6.45, 7) is 3.32. The molecule has 2 nitrogen and oxygen atoms in total. The van der Waals surface area contributed by atoms with Crippen molar-refractivity contribution < 1.29 is 4.74 Å². The molecule has 0 spiro atoms. The number of hydrogen-bond donors (Lipinski definition) is 0. The molecule has 2 aromatic carbocycles. The highest BCUT2D eigenvalue weighted by Gasteiger charge is 2.40. The van der Waals surface area contributed by atoms with Crippen molar-refractivity contribution in [2.24, 2.45) is 0 Å². The van der Waals surface area contributed by atoms with Gasteiger partial charge < -0.3 is 9.64 Å². The Morgan fingerprint density at radius 1 is 1.12 bits per heavy atom. The summed E-state index contributed by atoms with van der Waals surface area (Å²) in [6.07, 6.45) is 1.02. The number of ether oxygens (including phenoxy) is 1. The van der Waals surface area contributed by atoms with E-state index in [9.17, 15) is 0 Å². The Morgan fingerprint density at radius 3 is 2.60 bits per heavy atom. The summed E-state index contributed by atoms with van der Waals surface area (Å²) in [4.78, 5) is 2.53. The third-order valence-corrected chi connectivity index (χ3v) is 6.41. The van der Waals surface area contributed by atoms with Gasteiger partial charge >= 0.3 is 0 Å². The van der Waals surface area contributed by atoms with Crippen molar-refractivity contribution in [2.75, 3.05) is 18.6 Å². The van der Waals surface area contributed by atoms with E-state index in [1.807, 2.05) is 0 Å². The molecule has 0 bridgehead atoms. The Morgan fingerprint density at radius 2 is 1.92 bits per heavy atom. The minimum atomic E-state index is -0.207. The van der Waals surface area contributed by atoms with Gasteiger partial charge in [-0.2, -0.15) is 11.3 Å². The summed E-state index contributed by atoms with van der Waals surface area (Å²) in [5, 5.41) is 4.40. The molecular formula is C21H20BrNOS. The molecule has 0 saturated carbocycles. The largest absolute Gasteiger partial charge is 0.497 e. The Kier molecular flexibility index (Phi) is 4.34. The Balaban J connectivity index is 1.92. The molecule has 1 aliphatic rings. The molecule has 25 heavy (non-hydrogen) atoms. The topological polar surface area (TPSA) is 12.5 Å². The normalized spacial score (nSPS) is 19.6. The molecule has 1 aliphatic heterocycles. The van der Waals surface area contributed by atoms with Crippen molar-refractivity contribution in [3.8, 4) is 5.75 Å². The second kappa shape index (κ2) is 6.50. The fourth-order valence-corrected chi connectivity index (χ4v) is 4.77. The van der Waals surface area contributed by atoms with E-state index in [1.54, 1.807) is 18.4 Å². The predicted octanol–water partition coefficient (Wildman–Crippen LogP) is 5.85. The lowest BCUT2D eigenvalue weighted by Gasteiger charge is -2.48. The SMILES string of the molecule is COc1ccc2c(c1)CCN(c1ccsc1)C2(C)c1ccc(Br)cc1. The van der Waals surface area contributed by atoms with Gasteiger partial charge in [-0.25, -0.2) is 0 Å². The number of fused-ring (bicyclic) bond motifs is 1. The molecular weight excluding hydrogens is 394 g/mol. The van der Waals surface area contributed by atoms with Crippen LogP contribution in [0.2, 0.25) is 0 Å². The number of thiophene rings is 1. The van der Waals surface area contributed by atoms with Crippen LogP contribution in [0.3, 0.4) is 0 Å². The lowest BCUT2D eigenvalue weighted by molar-refractivity contribution is 0.411. The highest BCUT2D eigenvalue weighted by Crippen LogP contribution is 2.44. The van der Waals surface area contributed by atoms with E-state index in [0.717, 1.165) is 23.2 Å². The first-order valence-electron chi connectivity index (χ1n) is 8.36. The number of benzene rings is 2. The molecule has 3 aromatic rings. The van der Waals surface area contributed by atoms with E-state index in [2.05, 4.69) is 87.0 Å². The zero-order chi connectivity index (χ0) is 17.4. The van der Waals surface area contributed by atoms with Gasteiger partial charge in [0.15, 0.2) is 0 Å². The first-order valence-corrected chi connectivity index (χ1v) is 10.1. The van der Waals surface area contributed by atoms with Crippen molar-refractivity contribution in [3.05, 3.63) is 80.5 Å². The number of hydrogen-bond acceptors (Lipinski definition) is 3. The highest BCUT2D eigenvalue weighted by atomic mass is 79.9. The van der Waals surface area contributed by atoms with Gasteiger partial charge in [-0.3, -0.25) is 0 Å². The van der Waals surface area contributed by atoms with Crippen LogP contribution in [-0.4, -0.2) is 13.7 Å². The quantitative estimate of drug-likeness (QED) is 0.534. The van der Waals surface area contributed by atoms with E-state index in [4.69, 9.17) is 4.74 Å². The third-order valence-electron chi connectivity index (χ3n) is 5.21. The summed E-state index contributed by atoms with van der Waals surface area (Å²) < 4.78 is 6.56. The second-order valence-corrected chi connectivity index (χ2v) is 8.18. The molecule has 0 fully saturated rings. The molecule has 0 N–H and O–H groups in total. The number of halogens is 1. The van der Waals surface area contributed by atoms with Crippen LogP contribution in [0.25, 0.3) is 0 Å². The van der Waals surface area contributed by atoms with Crippen LogP contribution < -0.4 is 9.64 Å². The van der Waals surface area contributed by atoms with Crippen LogP contribution in [0.4, 0.5) is 5.69 Å². The maximum atomic E-state index is 5.45. The van der Waals surface area contributed by atoms with Crippen LogP contribution in [0, 0.1) is 0 Å². The van der Waals surface area contributed by atoms with E-state index < -0.39 is 0 Å². The zero-order valence-electron chi connectivity index (χ0n) is 14.3. The summed E-state index contributed by atoms with van der Waals surface area (Å²) in [5.41, 5.74) is 5.11.